The van der Waals surface area contributed by atoms with E-state index in [0.717, 1.165) is 11.6 Å². The van der Waals surface area contributed by atoms with Crippen molar-refractivity contribution in [2.75, 3.05) is 13.1 Å². The zero-order chi connectivity index (χ0) is 13.5. The first-order valence-corrected chi connectivity index (χ1v) is 8.51. The fourth-order valence-electron chi connectivity index (χ4n) is 3.24. The third-order valence-electron chi connectivity index (χ3n) is 4.59. The number of fused-ring (bicyclic) bond motifs is 1. The summed E-state index contributed by atoms with van der Waals surface area (Å²) in [5, 5.41) is 5.90. The number of nitrogens with zero attached hydrogens (tertiary/aromatic N) is 2. The molecule has 4 heteroatoms. The topological polar surface area (TPSA) is 28.2 Å². The average Bonchev–Trinajstić information content (AvgIpc) is 3.02. The van der Waals surface area contributed by atoms with Crippen molar-refractivity contribution in [2.45, 2.75) is 44.3 Å². The lowest BCUT2D eigenvalue weighted by Gasteiger charge is -2.20. The van der Waals surface area contributed by atoms with Crippen molar-refractivity contribution in [1.29, 1.82) is 0 Å². The predicted molar refractivity (Wildman–Crippen MR) is 84.2 cm³/mol. The van der Waals surface area contributed by atoms with Gasteiger partial charge in [-0.2, -0.15) is 0 Å². The molecule has 2 aromatic rings. The van der Waals surface area contributed by atoms with Gasteiger partial charge in [0, 0.05) is 37.4 Å². The monoisotopic (exact) mass is 287 g/mol. The highest BCUT2D eigenvalue weighted by molar-refractivity contribution is 7.17. The Morgan fingerprint density at radius 1 is 1.40 bits per heavy atom. The van der Waals surface area contributed by atoms with Crippen molar-refractivity contribution in [3.8, 4) is 0 Å². The molecular formula is C16H21N3S. The van der Waals surface area contributed by atoms with Crippen molar-refractivity contribution in [2.24, 2.45) is 0 Å². The molecule has 2 fully saturated rings. The summed E-state index contributed by atoms with van der Waals surface area (Å²) in [6.45, 7) is 4.76. The van der Waals surface area contributed by atoms with E-state index in [0.29, 0.717) is 12.1 Å². The second kappa shape index (κ2) is 5.10. The Kier molecular flexibility index (Phi) is 3.25. The molecule has 20 heavy (non-hydrogen) atoms. The molecule has 1 saturated heterocycles. The molecular weight excluding hydrogens is 266 g/mol. The molecule has 2 aliphatic rings. The highest BCUT2D eigenvalue weighted by atomic mass is 32.1. The Labute approximate surface area is 124 Å². The van der Waals surface area contributed by atoms with Gasteiger partial charge in [0.05, 0.1) is 10.2 Å². The molecule has 2 aromatic heterocycles. The zero-order valence-electron chi connectivity index (χ0n) is 11.9. The van der Waals surface area contributed by atoms with Crippen LogP contribution in [0.2, 0.25) is 0 Å². The van der Waals surface area contributed by atoms with Crippen LogP contribution in [-0.2, 0) is 0 Å². The molecule has 4 rings (SSSR count). The normalized spacial score (nSPS) is 25.4. The van der Waals surface area contributed by atoms with Gasteiger partial charge in [-0.1, -0.05) is 0 Å². The molecule has 1 aliphatic heterocycles. The minimum atomic E-state index is 0.387. The van der Waals surface area contributed by atoms with E-state index in [1.807, 2.05) is 6.20 Å². The summed E-state index contributed by atoms with van der Waals surface area (Å²) in [6, 6.07) is 6.31. The van der Waals surface area contributed by atoms with Gasteiger partial charge in [-0.15, -0.1) is 11.3 Å². The molecule has 1 aliphatic carbocycles. The predicted octanol–water partition coefficient (Wildman–Crippen LogP) is 3.18. The quantitative estimate of drug-likeness (QED) is 0.936. The summed E-state index contributed by atoms with van der Waals surface area (Å²) in [6.07, 6.45) is 6.15. The Balaban J connectivity index is 1.42. The fourth-order valence-corrected chi connectivity index (χ4v) is 4.03. The van der Waals surface area contributed by atoms with Gasteiger partial charge in [0.15, 0.2) is 0 Å². The molecule has 0 aromatic carbocycles. The number of likely N-dealkylation sites (tertiary alicyclic amines) is 1. The molecule has 3 heterocycles. The molecule has 2 atom stereocenters. The smallest absolute Gasteiger partial charge is 0.0809 e. The summed E-state index contributed by atoms with van der Waals surface area (Å²) in [5.41, 5.74) is 2.43. The van der Waals surface area contributed by atoms with Crippen LogP contribution in [0.1, 0.15) is 37.8 Å². The van der Waals surface area contributed by atoms with Crippen LogP contribution in [0.25, 0.3) is 10.2 Å². The van der Waals surface area contributed by atoms with Crippen LogP contribution >= 0.6 is 11.3 Å². The van der Waals surface area contributed by atoms with E-state index in [9.17, 15) is 0 Å². The molecule has 0 amide bonds. The lowest BCUT2D eigenvalue weighted by molar-refractivity contribution is 0.313. The fraction of sp³-hybridized carbons (Fsp3) is 0.562. The van der Waals surface area contributed by atoms with Gasteiger partial charge in [0.25, 0.3) is 0 Å². The highest BCUT2D eigenvalue weighted by Gasteiger charge is 2.34. The third-order valence-corrected chi connectivity index (χ3v) is 5.45. The van der Waals surface area contributed by atoms with Crippen LogP contribution in [-0.4, -0.2) is 35.1 Å². The van der Waals surface area contributed by atoms with Crippen molar-refractivity contribution < 1.29 is 0 Å². The summed E-state index contributed by atoms with van der Waals surface area (Å²) < 4.78 is 1.29. The van der Waals surface area contributed by atoms with E-state index in [1.54, 1.807) is 11.3 Å². The minimum absolute atomic E-state index is 0.387. The SMILES string of the molecule is CC(NC1CCN(C2CC2)C1)c1cnc2ccsc2c1. The average molecular weight is 287 g/mol. The van der Waals surface area contributed by atoms with Crippen LogP contribution < -0.4 is 5.32 Å². The Hall–Kier alpha value is -0.970. The molecule has 1 saturated carbocycles. The summed E-state index contributed by atoms with van der Waals surface area (Å²) in [7, 11) is 0. The summed E-state index contributed by atoms with van der Waals surface area (Å²) >= 11 is 1.78. The number of hydrogen-bond donors (Lipinski definition) is 1. The van der Waals surface area contributed by atoms with E-state index >= 15 is 0 Å². The first-order valence-electron chi connectivity index (χ1n) is 7.63. The molecule has 106 valence electrons. The van der Waals surface area contributed by atoms with Gasteiger partial charge in [0.2, 0.25) is 0 Å². The summed E-state index contributed by atoms with van der Waals surface area (Å²) in [5.74, 6) is 0. The number of rotatable bonds is 4. The van der Waals surface area contributed by atoms with Crippen molar-refractivity contribution in [3.63, 3.8) is 0 Å². The van der Waals surface area contributed by atoms with Gasteiger partial charge in [-0.05, 0) is 49.3 Å². The van der Waals surface area contributed by atoms with Gasteiger partial charge < -0.3 is 5.32 Å². The molecule has 2 unspecified atom stereocenters. The van der Waals surface area contributed by atoms with Crippen LogP contribution in [0.15, 0.2) is 23.7 Å². The number of aromatic nitrogens is 1. The zero-order valence-corrected chi connectivity index (χ0v) is 12.7. The van der Waals surface area contributed by atoms with Crippen molar-refractivity contribution in [3.05, 3.63) is 29.3 Å². The van der Waals surface area contributed by atoms with E-state index < -0.39 is 0 Å². The second-order valence-corrected chi connectivity index (χ2v) is 7.12. The van der Waals surface area contributed by atoms with E-state index in [2.05, 4.69) is 39.6 Å². The molecule has 0 radical (unpaired) electrons. The maximum absolute atomic E-state index is 4.55. The van der Waals surface area contributed by atoms with Crippen LogP contribution in [0.5, 0.6) is 0 Å². The van der Waals surface area contributed by atoms with Crippen molar-refractivity contribution >= 4 is 21.6 Å². The van der Waals surface area contributed by atoms with Gasteiger partial charge in [0.1, 0.15) is 0 Å². The van der Waals surface area contributed by atoms with E-state index in [1.165, 1.54) is 42.6 Å². The number of pyridine rings is 1. The standard InChI is InChI=1S/C16H21N3S/c1-11(12-8-16-15(17-9-12)5-7-20-16)18-13-4-6-19(10-13)14-2-3-14/h5,7-9,11,13-14,18H,2-4,6,10H2,1H3. The third kappa shape index (κ3) is 2.48. The van der Waals surface area contributed by atoms with Gasteiger partial charge in [-0.3, -0.25) is 9.88 Å². The van der Waals surface area contributed by atoms with Gasteiger partial charge >= 0.3 is 0 Å². The maximum Gasteiger partial charge on any atom is 0.0809 e. The number of thiophene rings is 1. The molecule has 1 N–H and O–H groups in total. The Morgan fingerprint density at radius 2 is 2.30 bits per heavy atom. The first kappa shape index (κ1) is 12.7. The molecule has 3 nitrogen and oxygen atoms in total. The van der Waals surface area contributed by atoms with Crippen molar-refractivity contribution in [1.82, 2.24) is 15.2 Å². The van der Waals surface area contributed by atoms with Crippen LogP contribution in [0.4, 0.5) is 0 Å². The lowest BCUT2D eigenvalue weighted by atomic mass is 10.1. The maximum atomic E-state index is 4.55. The minimum Gasteiger partial charge on any atom is -0.306 e. The van der Waals surface area contributed by atoms with Crippen LogP contribution in [0.3, 0.4) is 0 Å². The van der Waals surface area contributed by atoms with E-state index in [4.69, 9.17) is 0 Å². The number of hydrogen-bond acceptors (Lipinski definition) is 4. The van der Waals surface area contributed by atoms with Crippen LogP contribution in [0, 0.1) is 0 Å². The van der Waals surface area contributed by atoms with E-state index in [-0.39, 0.29) is 0 Å². The lowest BCUT2D eigenvalue weighted by Crippen LogP contribution is -2.35. The Bertz CT molecular complexity index is 605. The largest absolute Gasteiger partial charge is 0.306 e. The number of nitrogens with one attached hydrogen (secondary N) is 1. The highest BCUT2D eigenvalue weighted by Crippen LogP contribution is 2.30. The summed E-state index contributed by atoms with van der Waals surface area (Å²) in [4.78, 5) is 7.21. The first-order chi connectivity index (χ1) is 9.79. The molecule has 0 bridgehead atoms. The molecule has 0 spiro atoms. The van der Waals surface area contributed by atoms with Gasteiger partial charge in [-0.25, -0.2) is 0 Å². The second-order valence-electron chi connectivity index (χ2n) is 6.17. The Morgan fingerprint density at radius 3 is 3.15 bits per heavy atom.